The highest BCUT2D eigenvalue weighted by Crippen LogP contribution is 2.28. The molecule has 1 aliphatic rings. The summed E-state index contributed by atoms with van der Waals surface area (Å²) in [5.41, 5.74) is 1.84. The van der Waals surface area contributed by atoms with Crippen molar-refractivity contribution in [3.8, 4) is 0 Å². The van der Waals surface area contributed by atoms with Gasteiger partial charge in [0.1, 0.15) is 5.69 Å². The molecule has 30 heavy (non-hydrogen) atoms. The zero-order valence-corrected chi connectivity index (χ0v) is 17.6. The molecule has 0 radical (unpaired) electrons. The predicted molar refractivity (Wildman–Crippen MR) is 115 cm³/mol. The van der Waals surface area contributed by atoms with E-state index in [9.17, 15) is 9.59 Å². The van der Waals surface area contributed by atoms with E-state index in [1.165, 1.54) is 0 Å². The number of pyridine rings is 1. The third-order valence-corrected chi connectivity index (χ3v) is 5.80. The first-order chi connectivity index (χ1) is 14.5. The zero-order valence-electron chi connectivity index (χ0n) is 17.6. The summed E-state index contributed by atoms with van der Waals surface area (Å²) in [6, 6.07) is 3.70. The van der Waals surface area contributed by atoms with Gasteiger partial charge in [-0.3, -0.25) is 14.3 Å². The number of carbonyl (C=O) groups excluding carboxylic acids is 1. The number of anilines is 1. The Morgan fingerprint density at radius 1 is 1.27 bits per heavy atom. The molecule has 3 aromatic heterocycles. The zero-order chi connectivity index (χ0) is 21.3. The lowest BCUT2D eigenvalue weighted by Gasteiger charge is -2.31. The molecule has 0 saturated carbocycles. The Morgan fingerprint density at radius 3 is 2.63 bits per heavy atom. The summed E-state index contributed by atoms with van der Waals surface area (Å²) >= 11 is 0. The second-order valence-corrected chi connectivity index (χ2v) is 7.64. The van der Waals surface area contributed by atoms with E-state index in [1.807, 2.05) is 11.0 Å². The Labute approximate surface area is 174 Å². The van der Waals surface area contributed by atoms with Crippen LogP contribution in [0.1, 0.15) is 48.8 Å². The minimum atomic E-state index is -0.166. The maximum atomic E-state index is 12.6. The van der Waals surface area contributed by atoms with E-state index in [1.54, 1.807) is 30.2 Å². The summed E-state index contributed by atoms with van der Waals surface area (Å²) in [6.45, 7) is 6.99. The number of hydrogen-bond donors (Lipinski definition) is 1. The van der Waals surface area contributed by atoms with Crippen LogP contribution in [0.15, 0.2) is 29.3 Å². The molecule has 1 amide bonds. The van der Waals surface area contributed by atoms with Crippen molar-refractivity contribution in [3.05, 3.63) is 46.3 Å². The van der Waals surface area contributed by atoms with Gasteiger partial charge < -0.3 is 14.8 Å². The number of aryl methyl sites for hydroxylation is 1. The van der Waals surface area contributed by atoms with Crippen molar-refractivity contribution in [3.63, 3.8) is 0 Å². The number of amides is 1. The first kappa shape index (κ1) is 20.1. The molecule has 0 aliphatic carbocycles. The third kappa shape index (κ3) is 3.79. The van der Waals surface area contributed by atoms with E-state index in [-0.39, 0.29) is 17.4 Å². The molecule has 0 spiro atoms. The Bertz CT molecular complexity index is 1110. The summed E-state index contributed by atoms with van der Waals surface area (Å²) in [6.07, 6.45) is 4.95. The van der Waals surface area contributed by atoms with Crippen molar-refractivity contribution in [1.82, 2.24) is 29.6 Å². The Morgan fingerprint density at radius 2 is 2.00 bits per heavy atom. The van der Waals surface area contributed by atoms with E-state index in [4.69, 9.17) is 0 Å². The fourth-order valence-electron chi connectivity index (χ4n) is 4.02. The van der Waals surface area contributed by atoms with Crippen LogP contribution in [0.4, 0.5) is 5.95 Å². The van der Waals surface area contributed by atoms with Gasteiger partial charge in [0, 0.05) is 57.2 Å². The molecule has 1 fully saturated rings. The normalized spacial score (nSPS) is 15.0. The van der Waals surface area contributed by atoms with Gasteiger partial charge in [0.05, 0.1) is 10.9 Å². The molecule has 158 valence electrons. The van der Waals surface area contributed by atoms with E-state index in [2.05, 4.69) is 38.8 Å². The maximum Gasteiger partial charge on any atom is 0.274 e. The van der Waals surface area contributed by atoms with E-state index < -0.39 is 0 Å². The van der Waals surface area contributed by atoms with Crippen LogP contribution in [-0.2, 0) is 7.05 Å². The highest BCUT2D eigenvalue weighted by Gasteiger charge is 2.26. The van der Waals surface area contributed by atoms with Crippen LogP contribution in [0.5, 0.6) is 0 Å². The molecule has 1 N–H and O–H groups in total. The van der Waals surface area contributed by atoms with Gasteiger partial charge >= 0.3 is 0 Å². The fraction of sp³-hybridized carbons (Fsp3) is 0.476. The minimum absolute atomic E-state index is 0.0438. The van der Waals surface area contributed by atoms with Gasteiger partial charge in [-0.1, -0.05) is 0 Å². The highest BCUT2D eigenvalue weighted by atomic mass is 16.2. The summed E-state index contributed by atoms with van der Waals surface area (Å²) < 4.78 is 1.63. The maximum absolute atomic E-state index is 12.6. The first-order valence-corrected chi connectivity index (χ1v) is 10.4. The van der Waals surface area contributed by atoms with Crippen molar-refractivity contribution >= 4 is 22.8 Å². The monoisotopic (exact) mass is 409 g/mol. The SMILES string of the molecule is CCN(CC)c1ncc2c(=O)[nH]c(C3CCN(C(=O)c4ccn(C)n4)CC3)cc2n1. The Balaban J connectivity index is 1.53. The molecule has 1 aliphatic heterocycles. The van der Waals surface area contributed by atoms with Crippen LogP contribution in [0.3, 0.4) is 0 Å². The number of fused-ring (bicyclic) bond motifs is 1. The summed E-state index contributed by atoms with van der Waals surface area (Å²) in [5.74, 6) is 0.777. The molecule has 0 unspecified atom stereocenters. The molecule has 9 heteroatoms. The minimum Gasteiger partial charge on any atom is -0.341 e. The van der Waals surface area contributed by atoms with Crippen LogP contribution < -0.4 is 10.5 Å². The molecular weight excluding hydrogens is 382 g/mol. The van der Waals surface area contributed by atoms with Gasteiger partial charge in [-0.15, -0.1) is 0 Å². The van der Waals surface area contributed by atoms with Gasteiger partial charge in [0.15, 0.2) is 0 Å². The number of carbonyl (C=O) groups is 1. The van der Waals surface area contributed by atoms with Gasteiger partial charge in [-0.05, 0) is 38.8 Å². The van der Waals surface area contributed by atoms with E-state index >= 15 is 0 Å². The number of likely N-dealkylation sites (tertiary alicyclic amines) is 1. The number of rotatable bonds is 5. The van der Waals surface area contributed by atoms with Crippen molar-refractivity contribution < 1.29 is 4.79 Å². The molecule has 1 saturated heterocycles. The number of aromatic amines is 1. The average molecular weight is 409 g/mol. The first-order valence-electron chi connectivity index (χ1n) is 10.4. The molecule has 0 aromatic carbocycles. The standard InChI is InChI=1S/C21H27N7O2/c1-4-27(5-2)21-22-13-15-18(24-21)12-17(23-19(15)29)14-6-10-28(11-7-14)20(30)16-8-9-26(3)25-16/h8-9,12-14H,4-7,10-11H2,1-3H3,(H,23,29). The predicted octanol–water partition coefficient (Wildman–Crippen LogP) is 1.92. The third-order valence-electron chi connectivity index (χ3n) is 5.80. The molecule has 0 atom stereocenters. The van der Waals surface area contributed by atoms with Crippen LogP contribution in [0, 0.1) is 0 Å². The van der Waals surface area contributed by atoms with Crippen LogP contribution in [0.2, 0.25) is 0 Å². The van der Waals surface area contributed by atoms with Crippen molar-refractivity contribution in [2.75, 3.05) is 31.1 Å². The summed E-state index contributed by atoms with van der Waals surface area (Å²) in [4.78, 5) is 41.1. The number of aromatic nitrogens is 5. The van der Waals surface area contributed by atoms with Gasteiger partial charge in [-0.25, -0.2) is 9.97 Å². The molecule has 9 nitrogen and oxygen atoms in total. The van der Waals surface area contributed by atoms with Crippen molar-refractivity contribution in [2.45, 2.75) is 32.6 Å². The molecule has 4 rings (SSSR count). The Hall–Kier alpha value is -3.23. The molecule has 0 bridgehead atoms. The number of H-pyrrole nitrogens is 1. The summed E-state index contributed by atoms with van der Waals surface area (Å²) in [7, 11) is 1.80. The molecule has 4 heterocycles. The van der Waals surface area contributed by atoms with E-state index in [0.717, 1.165) is 31.6 Å². The van der Waals surface area contributed by atoms with Gasteiger partial charge in [0.25, 0.3) is 11.5 Å². The fourth-order valence-corrected chi connectivity index (χ4v) is 4.02. The number of piperidine rings is 1. The molecule has 3 aromatic rings. The second-order valence-electron chi connectivity index (χ2n) is 7.64. The lowest BCUT2D eigenvalue weighted by molar-refractivity contribution is 0.0705. The van der Waals surface area contributed by atoms with Gasteiger partial charge in [-0.2, -0.15) is 5.10 Å². The molecular formula is C21H27N7O2. The quantitative estimate of drug-likeness (QED) is 0.691. The number of nitrogens with one attached hydrogen (secondary N) is 1. The highest BCUT2D eigenvalue weighted by molar-refractivity contribution is 5.92. The van der Waals surface area contributed by atoms with Crippen LogP contribution in [0.25, 0.3) is 10.9 Å². The number of nitrogens with zero attached hydrogens (tertiary/aromatic N) is 6. The van der Waals surface area contributed by atoms with Crippen molar-refractivity contribution in [2.24, 2.45) is 7.05 Å². The van der Waals surface area contributed by atoms with Crippen LogP contribution >= 0.6 is 0 Å². The lowest BCUT2D eigenvalue weighted by Crippen LogP contribution is -2.38. The number of hydrogen-bond acceptors (Lipinski definition) is 6. The largest absolute Gasteiger partial charge is 0.341 e. The topological polar surface area (TPSA) is 100 Å². The smallest absolute Gasteiger partial charge is 0.274 e. The lowest BCUT2D eigenvalue weighted by atomic mass is 9.92. The average Bonchev–Trinajstić information content (AvgIpc) is 3.20. The summed E-state index contributed by atoms with van der Waals surface area (Å²) in [5, 5.41) is 4.70. The van der Waals surface area contributed by atoms with Crippen LogP contribution in [-0.4, -0.2) is 61.7 Å². The van der Waals surface area contributed by atoms with Crippen molar-refractivity contribution in [1.29, 1.82) is 0 Å². The van der Waals surface area contributed by atoms with Gasteiger partial charge in [0.2, 0.25) is 5.95 Å². The second kappa shape index (κ2) is 8.25. The Kier molecular flexibility index (Phi) is 5.52. The van der Waals surface area contributed by atoms with E-state index in [0.29, 0.717) is 35.6 Å².